The van der Waals surface area contributed by atoms with Crippen molar-refractivity contribution in [2.45, 2.75) is 17.4 Å². The molecule has 27 heavy (non-hydrogen) atoms. The van der Waals surface area contributed by atoms with Crippen LogP contribution in [0.25, 0.3) is 0 Å². The highest BCUT2D eigenvalue weighted by Gasteiger charge is 2.39. The summed E-state index contributed by atoms with van der Waals surface area (Å²) < 4.78 is 27.8. The largest absolute Gasteiger partial charge is 0.326 e. The Morgan fingerprint density at radius 2 is 1.89 bits per heavy atom. The molecule has 0 aliphatic carbocycles. The fraction of sp³-hybridized carbons (Fsp3) is 0.150. The summed E-state index contributed by atoms with van der Waals surface area (Å²) >= 11 is 6.46. The molecule has 1 unspecified atom stereocenters. The summed E-state index contributed by atoms with van der Waals surface area (Å²) in [6.45, 7) is 0.664. The minimum Gasteiger partial charge on any atom is -0.326 e. The van der Waals surface area contributed by atoms with Gasteiger partial charge in [-0.25, -0.2) is 17.7 Å². The summed E-state index contributed by atoms with van der Waals surface area (Å²) in [4.78, 5) is 4.58. The molecule has 0 radical (unpaired) electrons. The zero-order valence-electron chi connectivity index (χ0n) is 14.4. The molecule has 1 aliphatic heterocycles. The molecule has 1 atom stereocenters. The molecule has 3 aromatic rings. The molecule has 0 bridgehead atoms. The third-order valence-corrected chi connectivity index (χ3v) is 6.87. The third kappa shape index (κ3) is 3.10. The summed E-state index contributed by atoms with van der Waals surface area (Å²) in [7, 11) is -3.74. The first-order valence-electron chi connectivity index (χ1n) is 8.53. The SMILES string of the molecule is NCc1cccc(C2CN(S(=O)(=O)c3ccccc3)c3nccc(Cl)c32)c1. The average Bonchev–Trinajstić information content (AvgIpc) is 3.11. The number of aromatic nitrogens is 1. The van der Waals surface area contributed by atoms with Gasteiger partial charge in [-0.3, -0.25) is 0 Å². The lowest BCUT2D eigenvalue weighted by Crippen LogP contribution is -2.30. The van der Waals surface area contributed by atoms with Crippen LogP contribution in [-0.2, 0) is 16.6 Å². The van der Waals surface area contributed by atoms with E-state index < -0.39 is 10.0 Å². The molecule has 2 heterocycles. The van der Waals surface area contributed by atoms with Crippen LogP contribution in [0.15, 0.2) is 71.8 Å². The molecule has 138 valence electrons. The van der Waals surface area contributed by atoms with E-state index in [1.165, 1.54) is 10.5 Å². The van der Waals surface area contributed by atoms with Crippen LogP contribution in [-0.4, -0.2) is 19.9 Å². The van der Waals surface area contributed by atoms with E-state index >= 15 is 0 Å². The summed E-state index contributed by atoms with van der Waals surface area (Å²) in [6, 6.07) is 17.9. The maximum Gasteiger partial charge on any atom is 0.265 e. The lowest BCUT2D eigenvalue weighted by Gasteiger charge is -2.19. The summed E-state index contributed by atoms with van der Waals surface area (Å²) in [5, 5.41) is 0.508. The van der Waals surface area contributed by atoms with E-state index in [1.54, 1.807) is 36.4 Å². The number of benzene rings is 2. The number of halogens is 1. The Morgan fingerprint density at radius 1 is 1.11 bits per heavy atom. The Hall–Kier alpha value is -2.41. The predicted octanol–water partition coefficient (Wildman–Crippen LogP) is 3.53. The number of hydrogen-bond donors (Lipinski definition) is 1. The highest BCUT2D eigenvalue weighted by molar-refractivity contribution is 7.92. The first kappa shape index (κ1) is 18.0. The number of nitrogens with two attached hydrogens (primary N) is 1. The van der Waals surface area contributed by atoms with Crippen molar-refractivity contribution in [3.05, 3.63) is 88.6 Å². The van der Waals surface area contributed by atoms with E-state index in [9.17, 15) is 8.42 Å². The zero-order valence-corrected chi connectivity index (χ0v) is 16.0. The number of rotatable bonds is 4. The van der Waals surface area contributed by atoms with Gasteiger partial charge in [-0.05, 0) is 29.3 Å². The first-order chi connectivity index (χ1) is 13.0. The summed E-state index contributed by atoms with van der Waals surface area (Å²) in [5.74, 6) is 0.181. The van der Waals surface area contributed by atoms with Crippen molar-refractivity contribution in [2.24, 2.45) is 5.73 Å². The molecule has 1 aliphatic rings. The van der Waals surface area contributed by atoms with E-state index in [1.807, 2.05) is 24.3 Å². The van der Waals surface area contributed by atoms with Gasteiger partial charge in [-0.1, -0.05) is 54.1 Å². The van der Waals surface area contributed by atoms with Crippen LogP contribution in [0.3, 0.4) is 0 Å². The molecule has 0 fully saturated rings. The minimum absolute atomic E-state index is 0.203. The van der Waals surface area contributed by atoms with Crippen molar-refractivity contribution in [3.8, 4) is 0 Å². The average molecular weight is 400 g/mol. The third-order valence-electron chi connectivity index (χ3n) is 4.77. The van der Waals surface area contributed by atoms with Crippen LogP contribution < -0.4 is 10.0 Å². The molecule has 4 rings (SSSR count). The van der Waals surface area contributed by atoms with E-state index in [0.29, 0.717) is 17.4 Å². The quantitative estimate of drug-likeness (QED) is 0.728. The van der Waals surface area contributed by atoms with Crippen LogP contribution in [0.4, 0.5) is 5.82 Å². The Balaban J connectivity index is 1.85. The highest BCUT2D eigenvalue weighted by atomic mass is 35.5. The Morgan fingerprint density at radius 3 is 2.63 bits per heavy atom. The molecule has 2 N–H and O–H groups in total. The molecule has 0 saturated carbocycles. The van der Waals surface area contributed by atoms with Gasteiger partial charge in [0.05, 0.1) is 4.90 Å². The zero-order chi connectivity index (χ0) is 19.0. The molecule has 0 amide bonds. The fourth-order valence-electron chi connectivity index (χ4n) is 3.44. The molecule has 1 aromatic heterocycles. The molecule has 5 nitrogen and oxygen atoms in total. The van der Waals surface area contributed by atoms with E-state index in [2.05, 4.69) is 4.98 Å². The highest BCUT2D eigenvalue weighted by Crippen LogP contribution is 2.44. The van der Waals surface area contributed by atoms with Crippen LogP contribution in [0.1, 0.15) is 22.6 Å². The topological polar surface area (TPSA) is 76.3 Å². The van der Waals surface area contributed by atoms with Gasteiger partial charge in [-0.2, -0.15) is 0 Å². The maximum absolute atomic E-state index is 13.2. The number of fused-ring (bicyclic) bond motifs is 1. The van der Waals surface area contributed by atoms with E-state index in [4.69, 9.17) is 17.3 Å². The van der Waals surface area contributed by atoms with Crippen LogP contribution in [0, 0.1) is 0 Å². The van der Waals surface area contributed by atoms with Gasteiger partial charge in [0.15, 0.2) is 0 Å². The Kier molecular flexibility index (Phi) is 4.63. The molecule has 7 heteroatoms. The van der Waals surface area contributed by atoms with Crippen molar-refractivity contribution < 1.29 is 8.42 Å². The summed E-state index contributed by atoms with van der Waals surface area (Å²) in [6.07, 6.45) is 1.54. The number of pyridine rings is 1. The molecule has 0 spiro atoms. The van der Waals surface area contributed by atoms with Gasteiger partial charge in [0.25, 0.3) is 10.0 Å². The first-order valence-corrected chi connectivity index (χ1v) is 10.4. The van der Waals surface area contributed by atoms with Gasteiger partial charge < -0.3 is 5.73 Å². The Bertz CT molecular complexity index is 1090. The minimum atomic E-state index is -3.74. The lowest BCUT2D eigenvalue weighted by molar-refractivity contribution is 0.591. The molecule has 0 saturated heterocycles. The number of hydrogen-bond acceptors (Lipinski definition) is 4. The van der Waals surface area contributed by atoms with Gasteiger partial charge in [0, 0.05) is 35.8 Å². The van der Waals surface area contributed by atoms with Crippen LogP contribution in [0.2, 0.25) is 5.02 Å². The van der Waals surface area contributed by atoms with Gasteiger partial charge in [-0.15, -0.1) is 0 Å². The second-order valence-electron chi connectivity index (χ2n) is 6.38. The predicted molar refractivity (Wildman–Crippen MR) is 106 cm³/mol. The second kappa shape index (κ2) is 6.96. The summed E-state index contributed by atoms with van der Waals surface area (Å²) in [5.41, 5.74) is 8.46. The van der Waals surface area contributed by atoms with Gasteiger partial charge in [0.2, 0.25) is 0 Å². The molecular formula is C20H18ClN3O2S. The Labute approximate surface area is 163 Å². The van der Waals surface area contributed by atoms with Crippen LogP contribution >= 0.6 is 11.6 Å². The van der Waals surface area contributed by atoms with Crippen LogP contribution in [0.5, 0.6) is 0 Å². The van der Waals surface area contributed by atoms with E-state index in [0.717, 1.165) is 16.7 Å². The number of anilines is 1. The molecule has 2 aromatic carbocycles. The second-order valence-corrected chi connectivity index (χ2v) is 8.65. The number of nitrogens with zero attached hydrogens (tertiary/aromatic N) is 2. The van der Waals surface area contributed by atoms with Crippen molar-refractivity contribution >= 4 is 27.4 Å². The van der Waals surface area contributed by atoms with E-state index in [-0.39, 0.29) is 17.4 Å². The molecular weight excluding hydrogens is 382 g/mol. The number of sulfonamides is 1. The van der Waals surface area contributed by atoms with Gasteiger partial charge in [0.1, 0.15) is 5.82 Å². The normalized spacial score (nSPS) is 16.4. The van der Waals surface area contributed by atoms with Crippen molar-refractivity contribution in [1.82, 2.24) is 4.98 Å². The fourth-order valence-corrected chi connectivity index (χ4v) is 5.19. The smallest absolute Gasteiger partial charge is 0.265 e. The standard InChI is InChI=1S/C20H18ClN3O2S/c21-18-9-10-23-20-19(18)17(15-6-4-5-14(11-15)12-22)13-24(20)27(25,26)16-7-2-1-3-8-16/h1-11,17H,12-13,22H2. The van der Waals surface area contributed by atoms with Crippen molar-refractivity contribution in [2.75, 3.05) is 10.8 Å². The van der Waals surface area contributed by atoms with Crippen molar-refractivity contribution in [3.63, 3.8) is 0 Å². The lowest BCUT2D eigenvalue weighted by atomic mass is 9.93. The van der Waals surface area contributed by atoms with Crippen molar-refractivity contribution in [1.29, 1.82) is 0 Å². The monoisotopic (exact) mass is 399 g/mol. The van der Waals surface area contributed by atoms with Gasteiger partial charge >= 0.3 is 0 Å². The maximum atomic E-state index is 13.2.